The molecule has 0 radical (unpaired) electrons. The molecule has 1 aromatic heterocycles. The van der Waals surface area contributed by atoms with E-state index in [9.17, 15) is 13.2 Å². The summed E-state index contributed by atoms with van der Waals surface area (Å²) in [6.07, 6.45) is 0. The summed E-state index contributed by atoms with van der Waals surface area (Å²) in [7, 11) is -0.815. The van der Waals surface area contributed by atoms with E-state index in [1.54, 1.807) is 43.5 Å². The Morgan fingerprint density at radius 2 is 1.85 bits per heavy atom. The highest BCUT2D eigenvalue weighted by Gasteiger charge is 2.37. The third-order valence-corrected chi connectivity index (χ3v) is 7.23. The monoisotopic (exact) mass is 481 g/mol. The number of aromatic nitrogens is 2. The highest BCUT2D eigenvalue weighted by atomic mass is 32.2. The second-order valence-electron chi connectivity index (χ2n) is 7.38. The maximum absolute atomic E-state index is 13.0. The average molecular weight is 481 g/mol. The van der Waals surface area contributed by atoms with Crippen molar-refractivity contribution < 1.29 is 31.9 Å². The quantitative estimate of drug-likeness (QED) is 0.366. The minimum Gasteiger partial charge on any atom is -0.497 e. The van der Waals surface area contributed by atoms with Gasteiger partial charge in [0.1, 0.15) is 18.0 Å². The molecule has 0 spiro atoms. The number of methoxy groups -OCH3 is 2. The van der Waals surface area contributed by atoms with Gasteiger partial charge in [0.2, 0.25) is 5.82 Å². The number of esters is 1. The van der Waals surface area contributed by atoms with Crippen LogP contribution in [0.2, 0.25) is 0 Å². The van der Waals surface area contributed by atoms with Crippen LogP contribution in [0.15, 0.2) is 64.0 Å². The average Bonchev–Trinajstić information content (AvgIpc) is 3.41. The van der Waals surface area contributed by atoms with Crippen molar-refractivity contribution in [3.63, 3.8) is 0 Å². The number of hydrogen-bond donors (Lipinski definition) is 0. The highest BCUT2D eigenvalue weighted by Crippen LogP contribution is 2.41. The Labute approximate surface area is 194 Å². The molecule has 0 saturated heterocycles. The van der Waals surface area contributed by atoms with Crippen molar-refractivity contribution in [2.24, 2.45) is 0 Å². The lowest BCUT2D eigenvalue weighted by Crippen LogP contribution is -2.33. The highest BCUT2D eigenvalue weighted by molar-refractivity contribution is 7.93. The summed E-state index contributed by atoms with van der Waals surface area (Å²) in [5.74, 6) is 0.630. The fourth-order valence-corrected chi connectivity index (χ4v) is 5.49. The summed E-state index contributed by atoms with van der Waals surface area (Å²) < 4.78 is 48.0. The van der Waals surface area contributed by atoms with Crippen LogP contribution < -0.4 is 13.8 Å². The number of ether oxygens (including phenoxy) is 3. The van der Waals surface area contributed by atoms with Crippen LogP contribution in [0.4, 0.5) is 5.69 Å². The molecule has 3 aromatic carbocycles. The molecule has 0 unspecified atom stereocenters. The Kier molecular flexibility index (Phi) is 5.33. The molecule has 0 saturated carbocycles. The van der Waals surface area contributed by atoms with E-state index in [0.29, 0.717) is 28.1 Å². The van der Waals surface area contributed by atoms with Crippen LogP contribution in [0.5, 0.6) is 11.5 Å². The van der Waals surface area contributed by atoms with Crippen LogP contribution in [0.3, 0.4) is 0 Å². The molecule has 10 nitrogen and oxygen atoms in total. The Hall–Kier alpha value is -4.12. The van der Waals surface area contributed by atoms with E-state index in [-0.39, 0.29) is 23.2 Å². The van der Waals surface area contributed by atoms with Gasteiger partial charge in [0.05, 0.1) is 30.4 Å². The van der Waals surface area contributed by atoms with Gasteiger partial charge in [0.25, 0.3) is 15.9 Å². The summed E-state index contributed by atoms with van der Waals surface area (Å²) in [6.45, 7) is -0.793. The van der Waals surface area contributed by atoms with Crippen molar-refractivity contribution >= 4 is 32.5 Å². The van der Waals surface area contributed by atoms with Crippen LogP contribution in [0, 0.1) is 0 Å². The Bertz CT molecular complexity index is 1510. The SMILES string of the molecule is COc1ccc(-c2noc(COC(=O)CN3c4cccc5cccc(c45)S3(=O)=O)n2)c(OC)c1. The minimum atomic E-state index is -3.86. The van der Waals surface area contributed by atoms with Gasteiger partial charge in [-0.25, -0.2) is 8.42 Å². The summed E-state index contributed by atoms with van der Waals surface area (Å²) in [5.41, 5.74) is 1.01. The molecule has 4 aromatic rings. The second kappa shape index (κ2) is 8.34. The maximum atomic E-state index is 13.0. The first-order valence-corrected chi connectivity index (χ1v) is 11.6. The first-order chi connectivity index (χ1) is 16.4. The van der Waals surface area contributed by atoms with Crippen molar-refractivity contribution in [2.45, 2.75) is 11.5 Å². The normalized spacial score (nSPS) is 13.8. The van der Waals surface area contributed by atoms with Crippen LogP contribution in [0.1, 0.15) is 5.89 Å². The number of nitrogens with zero attached hydrogens (tertiary/aromatic N) is 3. The lowest BCUT2D eigenvalue weighted by atomic mass is 10.1. The third-order valence-electron chi connectivity index (χ3n) is 5.43. The van der Waals surface area contributed by atoms with E-state index in [4.69, 9.17) is 18.7 Å². The molecule has 0 atom stereocenters. The molecular formula is C23H19N3O7S. The minimum absolute atomic E-state index is 0.0517. The molecule has 11 heteroatoms. The molecule has 0 bridgehead atoms. The number of rotatable bonds is 7. The summed E-state index contributed by atoms with van der Waals surface area (Å²) >= 11 is 0. The molecule has 0 N–H and O–H groups in total. The predicted molar refractivity (Wildman–Crippen MR) is 121 cm³/mol. The summed E-state index contributed by atoms with van der Waals surface area (Å²) in [6, 6.07) is 15.4. The Balaban J connectivity index is 1.30. The van der Waals surface area contributed by atoms with Crippen molar-refractivity contribution in [1.82, 2.24) is 10.1 Å². The zero-order valence-electron chi connectivity index (χ0n) is 18.2. The number of hydrogen-bond acceptors (Lipinski definition) is 9. The lowest BCUT2D eigenvalue weighted by molar-refractivity contribution is -0.143. The van der Waals surface area contributed by atoms with Crippen LogP contribution in [-0.4, -0.2) is 45.3 Å². The number of sulfonamides is 1. The van der Waals surface area contributed by atoms with Crippen LogP contribution in [0.25, 0.3) is 22.2 Å². The molecule has 2 heterocycles. The van der Waals surface area contributed by atoms with Gasteiger partial charge in [0, 0.05) is 11.5 Å². The fraction of sp³-hybridized carbons (Fsp3) is 0.174. The fourth-order valence-electron chi connectivity index (χ4n) is 3.84. The smallest absolute Gasteiger partial charge is 0.327 e. The zero-order chi connectivity index (χ0) is 23.9. The van der Waals surface area contributed by atoms with E-state index in [2.05, 4.69) is 10.1 Å². The van der Waals surface area contributed by atoms with E-state index < -0.39 is 22.5 Å². The first-order valence-electron chi connectivity index (χ1n) is 10.2. The van der Waals surface area contributed by atoms with Crippen molar-refractivity contribution in [1.29, 1.82) is 0 Å². The van der Waals surface area contributed by atoms with Gasteiger partial charge >= 0.3 is 5.97 Å². The van der Waals surface area contributed by atoms with Gasteiger partial charge in [-0.1, -0.05) is 29.4 Å². The lowest BCUT2D eigenvalue weighted by Gasteiger charge is -2.17. The Morgan fingerprint density at radius 1 is 1.06 bits per heavy atom. The molecule has 1 aliphatic heterocycles. The van der Waals surface area contributed by atoms with Gasteiger partial charge in [-0.3, -0.25) is 9.10 Å². The topological polar surface area (TPSA) is 121 Å². The molecular weight excluding hydrogens is 462 g/mol. The van der Waals surface area contributed by atoms with E-state index in [1.807, 2.05) is 12.1 Å². The second-order valence-corrected chi connectivity index (χ2v) is 9.21. The number of anilines is 1. The molecule has 5 rings (SSSR count). The maximum Gasteiger partial charge on any atom is 0.327 e. The largest absolute Gasteiger partial charge is 0.497 e. The molecule has 1 aliphatic rings. The van der Waals surface area contributed by atoms with E-state index >= 15 is 0 Å². The standard InChI is InChI=1S/C23H19N3O7S/c1-30-15-9-10-16(18(11-15)31-2)23-24-20(33-25-23)13-32-21(27)12-26-17-7-3-5-14-6-4-8-19(22(14)17)34(26,28)29/h3-11H,12-13H2,1-2H3. The zero-order valence-corrected chi connectivity index (χ0v) is 19.0. The number of carbonyl (C=O) groups is 1. The first kappa shape index (κ1) is 21.7. The molecule has 0 fully saturated rings. The van der Waals surface area contributed by atoms with Gasteiger partial charge in [0.15, 0.2) is 6.61 Å². The van der Waals surface area contributed by atoms with E-state index in [0.717, 1.165) is 9.69 Å². The summed E-state index contributed by atoms with van der Waals surface area (Å²) in [4.78, 5) is 16.9. The van der Waals surface area contributed by atoms with Crippen molar-refractivity contribution in [3.8, 4) is 22.9 Å². The number of carbonyl (C=O) groups excluding carboxylic acids is 1. The summed E-state index contributed by atoms with van der Waals surface area (Å²) in [5, 5.41) is 5.27. The predicted octanol–water partition coefficient (Wildman–Crippen LogP) is 3.16. The molecule has 174 valence electrons. The molecule has 0 aliphatic carbocycles. The number of benzene rings is 3. The van der Waals surface area contributed by atoms with Gasteiger partial charge < -0.3 is 18.7 Å². The third kappa shape index (κ3) is 3.59. The van der Waals surface area contributed by atoms with Crippen LogP contribution >= 0.6 is 0 Å². The van der Waals surface area contributed by atoms with Crippen molar-refractivity contribution in [2.75, 3.05) is 25.1 Å². The molecule has 34 heavy (non-hydrogen) atoms. The van der Waals surface area contributed by atoms with E-state index in [1.165, 1.54) is 13.2 Å². The van der Waals surface area contributed by atoms with Gasteiger partial charge in [-0.15, -0.1) is 0 Å². The molecule has 0 amide bonds. The van der Waals surface area contributed by atoms with Gasteiger partial charge in [-0.05, 0) is 29.7 Å². The Morgan fingerprint density at radius 3 is 2.62 bits per heavy atom. The van der Waals surface area contributed by atoms with Crippen molar-refractivity contribution in [3.05, 3.63) is 60.5 Å². The van der Waals surface area contributed by atoms with Crippen LogP contribution in [-0.2, 0) is 26.2 Å². The van der Waals surface area contributed by atoms with Gasteiger partial charge in [-0.2, -0.15) is 4.98 Å².